The molecule has 2 aromatic heterocycles. The van der Waals surface area contributed by atoms with Crippen molar-refractivity contribution in [3.63, 3.8) is 0 Å². The third kappa shape index (κ3) is 3.70. The quantitative estimate of drug-likeness (QED) is 0.833. The highest BCUT2D eigenvalue weighted by Crippen LogP contribution is 2.28. The molecule has 0 amide bonds. The molecule has 8 heteroatoms. The van der Waals surface area contributed by atoms with Crippen molar-refractivity contribution in [3.05, 3.63) is 46.6 Å². The maximum atomic E-state index is 12.4. The van der Waals surface area contributed by atoms with Crippen LogP contribution < -0.4 is 0 Å². The van der Waals surface area contributed by atoms with Gasteiger partial charge >= 0.3 is 0 Å². The van der Waals surface area contributed by atoms with Crippen LogP contribution in [-0.2, 0) is 23.1 Å². The average molecular weight is 375 g/mol. The van der Waals surface area contributed by atoms with Crippen molar-refractivity contribution in [1.29, 1.82) is 0 Å². The second-order valence-electron chi connectivity index (χ2n) is 4.44. The van der Waals surface area contributed by atoms with Gasteiger partial charge in [0.25, 0.3) is 0 Å². The van der Waals surface area contributed by atoms with Gasteiger partial charge in [-0.25, -0.2) is 12.7 Å². The molecule has 0 spiro atoms. The number of halogens is 1. The number of hydrogen-bond acceptors (Lipinski definition) is 5. The molecule has 0 unspecified atom stereocenters. The highest BCUT2D eigenvalue weighted by atomic mass is 79.9. The number of sulfonamides is 1. The summed E-state index contributed by atoms with van der Waals surface area (Å²) in [6.45, 7) is -0.0206. The van der Waals surface area contributed by atoms with Gasteiger partial charge in [0, 0.05) is 32.1 Å². The molecule has 0 saturated heterocycles. The molecule has 2 rings (SSSR count). The Balaban J connectivity index is 2.13. The Kier molecular flexibility index (Phi) is 5.15. The molecule has 2 heterocycles. The monoisotopic (exact) mass is 374 g/mol. The number of aliphatic hydroxyl groups is 1. The first-order valence-corrected chi connectivity index (χ1v) is 8.42. The number of aliphatic hydroxyl groups excluding tert-OH is 1. The molecule has 0 fully saturated rings. The SMILES string of the molecule is CN(CCc1ccncc1)S(=O)(=O)c1cc(CO)oc1Br. The largest absolute Gasteiger partial charge is 0.450 e. The van der Waals surface area contributed by atoms with Crippen molar-refractivity contribution in [2.45, 2.75) is 17.9 Å². The number of likely N-dealkylation sites (N-methyl/N-ethyl adjacent to an activating group) is 1. The molecule has 0 atom stereocenters. The molecule has 114 valence electrons. The molecule has 0 aromatic carbocycles. The summed E-state index contributed by atoms with van der Waals surface area (Å²) in [5.41, 5.74) is 1.01. The Hall–Kier alpha value is -1.22. The van der Waals surface area contributed by atoms with Crippen LogP contribution in [0.3, 0.4) is 0 Å². The highest BCUT2D eigenvalue weighted by molar-refractivity contribution is 9.10. The van der Waals surface area contributed by atoms with Gasteiger partial charge in [-0.05, 0) is 40.0 Å². The molecule has 0 aliphatic heterocycles. The van der Waals surface area contributed by atoms with Crippen LogP contribution in [-0.4, -0.2) is 36.4 Å². The summed E-state index contributed by atoms with van der Waals surface area (Å²) in [6.07, 6.45) is 3.93. The fourth-order valence-electron chi connectivity index (χ4n) is 1.78. The maximum Gasteiger partial charge on any atom is 0.247 e. The summed E-state index contributed by atoms with van der Waals surface area (Å²) in [7, 11) is -2.15. The van der Waals surface area contributed by atoms with Gasteiger partial charge < -0.3 is 9.52 Å². The average Bonchev–Trinajstić information content (AvgIpc) is 2.87. The first kappa shape index (κ1) is 16.2. The zero-order valence-corrected chi connectivity index (χ0v) is 13.8. The smallest absolute Gasteiger partial charge is 0.247 e. The topological polar surface area (TPSA) is 83.6 Å². The summed E-state index contributed by atoms with van der Waals surface area (Å²) in [6, 6.07) is 5.01. The molecule has 0 radical (unpaired) electrons. The lowest BCUT2D eigenvalue weighted by Gasteiger charge is -2.16. The summed E-state index contributed by atoms with van der Waals surface area (Å²) < 4.78 is 31.4. The van der Waals surface area contributed by atoms with Gasteiger partial charge in [0.1, 0.15) is 17.3 Å². The molecule has 0 saturated carbocycles. The molecular formula is C13H15BrN2O4S. The van der Waals surface area contributed by atoms with Gasteiger partial charge in [0.2, 0.25) is 10.0 Å². The molecular weight excluding hydrogens is 360 g/mol. The Labute approximate surface area is 131 Å². The first-order chi connectivity index (χ1) is 9.95. The van der Waals surface area contributed by atoms with Crippen molar-refractivity contribution in [2.75, 3.05) is 13.6 Å². The predicted molar refractivity (Wildman–Crippen MR) is 80.1 cm³/mol. The van der Waals surface area contributed by atoms with Crippen molar-refractivity contribution in [2.24, 2.45) is 0 Å². The molecule has 1 N–H and O–H groups in total. The van der Waals surface area contributed by atoms with Gasteiger partial charge in [-0.1, -0.05) is 0 Å². The van der Waals surface area contributed by atoms with Crippen LogP contribution in [0.1, 0.15) is 11.3 Å². The normalized spacial score (nSPS) is 12.0. The van der Waals surface area contributed by atoms with Crippen LogP contribution in [0, 0.1) is 0 Å². The van der Waals surface area contributed by atoms with E-state index in [0.29, 0.717) is 13.0 Å². The van der Waals surface area contributed by atoms with E-state index in [0.717, 1.165) is 5.56 Å². The van der Waals surface area contributed by atoms with E-state index in [-0.39, 0.29) is 21.9 Å². The second kappa shape index (κ2) is 6.69. The van der Waals surface area contributed by atoms with E-state index in [2.05, 4.69) is 20.9 Å². The van der Waals surface area contributed by atoms with E-state index < -0.39 is 10.0 Å². The fraction of sp³-hybridized carbons (Fsp3) is 0.308. The third-order valence-corrected chi connectivity index (χ3v) is 5.73. The van der Waals surface area contributed by atoms with Gasteiger partial charge in [-0.2, -0.15) is 0 Å². The van der Waals surface area contributed by atoms with E-state index in [1.165, 1.54) is 17.4 Å². The molecule has 0 aliphatic carbocycles. The number of pyridine rings is 1. The van der Waals surface area contributed by atoms with Gasteiger partial charge in [0.05, 0.1) is 0 Å². The summed E-state index contributed by atoms with van der Waals surface area (Å²) in [5, 5.41) is 9.00. The highest BCUT2D eigenvalue weighted by Gasteiger charge is 2.26. The first-order valence-electron chi connectivity index (χ1n) is 6.19. The minimum atomic E-state index is -3.66. The predicted octanol–water partition coefficient (Wildman–Crippen LogP) is 1.79. The van der Waals surface area contributed by atoms with Crippen molar-refractivity contribution in [3.8, 4) is 0 Å². The fourth-order valence-corrected chi connectivity index (χ4v) is 3.90. The van der Waals surface area contributed by atoms with Crippen LogP contribution in [0.5, 0.6) is 0 Å². The lowest BCUT2D eigenvalue weighted by Crippen LogP contribution is -2.29. The third-order valence-electron chi connectivity index (χ3n) is 3.02. The van der Waals surface area contributed by atoms with E-state index >= 15 is 0 Å². The Bertz CT molecular complexity index is 700. The molecule has 0 aliphatic rings. The molecule has 2 aromatic rings. The van der Waals surface area contributed by atoms with E-state index in [9.17, 15) is 8.42 Å². The lowest BCUT2D eigenvalue weighted by atomic mass is 10.2. The zero-order chi connectivity index (χ0) is 15.5. The van der Waals surface area contributed by atoms with E-state index in [1.807, 2.05) is 12.1 Å². The second-order valence-corrected chi connectivity index (χ2v) is 7.17. The van der Waals surface area contributed by atoms with Gasteiger partial charge in [0.15, 0.2) is 4.67 Å². The standard InChI is InChI=1S/C13H15BrN2O4S/c1-16(7-4-10-2-5-15-6-3-10)21(18,19)12-8-11(9-17)20-13(12)14/h2-3,5-6,8,17H,4,7,9H2,1H3. The summed E-state index contributed by atoms with van der Waals surface area (Å²) in [4.78, 5) is 3.94. The van der Waals surface area contributed by atoms with Gasteiger partial charge in [-0.15, -0.1) is 0 Å². The molecule has 6 nitrogen and oxygen atoms in total. The Morgan fingerprint density at radius 3 is 2.62 bits per heavy atom. The van der Waals surface area contributed by atoms with Crippen LogP contribution in [0.2, 0.25) is 0 Å². The maximum absolute atomic E-state index is 12.4. The minimum Gasteiger partial charge on any atom is -0.450 e. The number of hydrogen-bond donors (Lipinski definition) is 1. The number of aromatic nitrogens is 1. The lowest BCUT2D eigenvalue weighted by molar-refractivity contribution is 0.245. The van der Waals surface area contributed by atoms with Crippen molar-refractivity contribution < 1.29 is 17.9 Å². The van der Waals surface area contributed by atoms with Gasteiger partial charge in [-0.3, -0.25) is 4.98 Å². The van der Waals surface area contributed by atoms with E-state index in [1.54, 1.807) is 12.4 Å². The molecule has 21 heavy (non-hydrogen) atoms. The summed E-state index contributed by atoms with van der Waals surface area (Å²) >= 11 is 3.07. The zero-order valence-electron chi connectivity index (χ0n) is 11.4. The van der Waals surface area contributed by atoms with Crippen LogP contribution in [0.15, 0.2) is 44.6 Å². The van der Waals surface area contributed by atoms with Crippen LogP contribution in [0.4, 0.5) is 0 Å². The minimum absolute atomic E-state index is 0.0174. The molecule has 0 bridgehead atoms. The Morgan fingerprint density at radius 2 is 2.05 bits per heavy atom. The number of furan rings is 1. The summed E-state index contributed by atoms with van der Waals surface area (Å²) in [5.74, 6) is 0.197. The number of nitrogens with zero attached hydrogens (tertiary/aromatic N) is 2. The van der Waals surface area contributed by atoms with E-state index in [4.69, 9.17) is 9.52 Å². The van der Waals surface area contributed by atoms with Crippen molar-refractivity contribution >= 4 is 26.0 Å². The van der Waals surface area contributed by atoms with Crippen molar-refractivity contribution in [1.82, 2.24) is 9.29 Å². The van der Waals surface area contributed by atoms with Crippen LogP contribution in [0.25, 0.3) is 0 Å². The van der Waals surface area contributed by atoms with Crippen LogP contribution >= 0.6 is 15.9 Å². The Morgan fingerprint density at radius 1 is 1.38 bits per heavy atom. The number of rotatable bonds is 6.